The van der Waals surface area contributed by atoms with Crippen LogP contribution in [0.3, 0.4) is 0 Å². The molecule has 0 saturated carbocycles. The summed E-state index contributed by atoms with van der Waals surface area (Å²) in [5, 5.41) is 2.85. The Bertz CT molecular complexity index is 757. The van der Waals surface area contributed by atoms with E-state index in [1.165, 1.54) is 17.5 Å². The van der Waals surface area contributed by atoms with Crippen molar-refractivity contribution in [2.75, 3.05) is 20.8 Å². The van der Waals surface area contributed by atoms with Crippen LogP contribution in [0.15, 0.2) is 36.4 Å². The number of ether oxygens (including phenoxy) is 3. The van der Waals surface area contributed by atoms with Crippen LogP contribution < -0.4 is 19.5 Å². The van der Waals surface area contributed by atoms with Gasteiger partial charge in [-0.3, -0.25) is 4.79 Å². The molecule has 5 nitrogen and oxygen atoms in total. The molecule has 1 N–H and O–H groups in total. The zero-order chi connectivity index (χ0) is 17.6. The lowest BCUT2D eigenvalue weighted by Crippen LogP contribution is -2.28. The van der Waals surface area contributed by atoms with Gasteiger partial charge in [0.2, 0.25) is 0 Å². The second-order valence-electron chi connectivity index (χ2n) is 6.04. The molecule has 0 unspecified atom stereocenters. The molecule has 0 heterocycles. The zero-order valence-corrected chi connectivity index (χ0v) is 14.6. The molecule has 132 valence electrons. The van der Waals surface area contributed by atoms with E-state index in [1.807, 2.05) is 30.3 Å². The van der Waals surface area contributed by atoms with E-state index in [1.54, 1.807) is 14.2 Å². The molecule has 1 aliphatic rings. The van der Waals surface area contributed by atoms with Gasteiger partial charge in [-0.2, -0.15) is 0 Å². The third kappa shape index (κ3) is 4.24. The minimum absolute atomic E-state index is 0.00603. The smallest absolute Gasteiger partial charge is 0.258 e. The van der Waals surface area contributed by atoms with Gasteiger partial charge < -0.3 is 19.5 Å². The van der Waals surface area contributed by atoms with Crippen molar-refractivity contribution < 1.29 is 19.0 Å². The Labute approximate surface area is 147 Å². The fourth-order valence-corrected chi connectivity index (χ4v) is 3.03. The molecule has 0 aromatic heterocycles. The molecule has 1 aliphatic carbocycles. The minimum Gasteiger partial charge on any atom is -0.493 e. The number of hydrogen-bond acceptors (Lipinski definition) is 4. The Hall–Kier alpha value is -2.69. The van der Waals surface area contributed by atoms with Crippen molar-refractivity contribution in [1.29, 1.82) is 0 Å². The second-order valence-corrected chi connectivity index (χ2v) is 6.04. The Balaban J connectivity index is 1.50. The molecule has 5 heteroatoms. The molecule has 0 spiro atoms. The number of carbonyl (C=O) groups is 1. The quantitative estimate of drug-likeness (QED) is 0.841. The molecule has 25 heavy (non-hydrogen) atoms. The maximum Gasteiger partial charge on any atom is 0.258 e. The van der Waals surface area contributed by atoms with Crippen LogP contribution in [-0.4, -0.2) is 26.7 Å². The van der Waals surface area contributed by atoms with Gasteiger partial charge in [0, 0.05) is 6.54 Å². The first-order valence-electron chi connectivity index (χ1n) is 8.42. The predicted molar refractivity (Wildman–Crippen MR) is 95.4 cm³/mol. The van der Waals surface area contributed by atoms with Crippen molar-refractivity contribution in [1.82, 2.24) is 5.32 Å². The number of benzene rings is 2. The highest BCUT2D eigenvalue weighted by Gasteiger charge is 2.12. The third-order valence-corrected chi connectivity index (χ3v) is 4.38. The molecular weight excluding hydrogens is 318 g/mol. The molecule has 3 rings (SSSR count). The van der Waals surface area contributed by atoms with E-state index < -0.39 is 0 Å². The molecule has 0 saturated heterocycles. The first kappa shape index (κ1) is 17.1. The first-order chi connectivity index (χ1) is 12.2. The van der Waals surface area contributed by atoms with Gasteiger partial charge in [-0.1, -0.05) is 12.1 Å². The summed E-state index contributed by atoms with van der Waals surface area (Å²) >= 11 is 0. The molecular formula is C20H23NO4. The largest absolute Gasteiger partial charge is 0.493 e. The summed E-state index contributed by atoms with van der Waals surface area (Å²) in [4.78, 5) is 12.0. The average molecular weight is 341 g/mol. The molecule has 0 radical (unpaired) electrons. The fourth-order valence-electron chi connectivity index (χ4n) is 3.03. The van der Waals surface area contributed by atoms with Crippen LogP contribution in [0.2, 0.25) is 0 Å². The van der Waals surface area contributed by atoms with Gasteiger partial charge in [0.1, 0.15) is 5.75 Å². The molecule has 2 aromatic rings. The Kier molecular flexibility index (Phi) is 5.43. The lowest BCUT2D eigenvalue weighted by molar-refractivity contribution is -0.123. The van der Waals surface area contributed by atoms with Crippen molar-refractivity contribution in [2.24, 2.45) is 0 Å². The molecule has 0 aliphatic heterocycles. The van der Waals surface area contributed by atoms with Crippen molar-refractivity contribution in [2.45, 2.75) is 25.8 Å². The number of carbonyl (C=O) groups excluding carboxylic acids is 1. The summed E-state index contributed by atoms with van der Waals surface area (Å²) in [5.41, 5.74) is 3.66. The van der Waals surface area contributed by atoms with E-state index in [0.717, 1.165) is 24.2 Å². The van der Waals surface area contributed by atoms with Gasteiger partial charge in [-0.25, -0.2) is 0 Å². The lowest BCUT2D eigenvalue weighted by Gasteiger charge is -2.11. The summed E-state index contributed by atoms with van der Waals surface area (Å²) < 4.78 is 16.1. The van der Waals surface area contributed by atoms with Gasteiger partial charge in [-0.05, 0) is 60.2 Å². The monoisotopic (exact) mass is 341 g/mol. The third-order valence-electron chi connectivity index (χ3n) is 4.38. The van der Waals surface area contributed by atoms with Crippen LogP contribution in [-0.2, 0) is 24.2 Å². The van der Waals surface area contributed by atoms with Crippen LogP contribution in [0, 0.1) is 0 Å². The number of rotatable bonds is 7. The number of fused-ring (bicyclic) bond motifs is 1. The molecule has 2 aromatic carbocycles. The Morgan fingerprint density at radius 1 is 1.00 bits per heavy atom. The second kappa shape index (κ2) is 7.92. The number of amides is 1. The van der Waals surface area contributed by atoms with Crippen LogP contribution in [0.1, 0.15) is 23.1 Å². The number of nitrogens with one attached hydrogen (secondary N) is 1. The summed E-state index contributed by atoms with van der Waals surface area (Å²) in [5.74, 6) is 1.90. The number of methoxy groups -OCH3 is 2. The number of aryl methyl sites for hydroxylation is 2. The minimum atomic E-state index is -0.157. The van der Waals surface area contributed by atoms with E-state index in [9.17, 15) is 4.79 Å². The standard InChI is InChI=1S/C20H23NO4/c1-23-18-9-6-14(10-19(18)24-2)12-21-20(22)13-25-17-8-7-15-4-3-5-16(15)11-17/h6-11H,3-5,12-13H2,1-2H3,(H,21,22). The normalized spacial score (nSPS) is 12.4. The fraction of sp³-hybridized carbons (Fsp3) is 0.350. The summed E-state index contributed by atoms with van der Waals surface area (Å²) in [6, 6.07) is 11.6. The topological polar surface area (TPSA) is 56.8 Å². The van der Waals surface area contributed by atoms with Crippen LogP contribution in [0.4, 0.5) is 0 Å². The summed E-state index contributed by atoms with van der Waals surface area (Å²) in [6.07, 6.45) is 3.43. The highest BCUT2D eigenvalue weighted by Crippen LogP contribution is 2.27. The van der Waals surface area contributed by atoms with Gasteiger partial charge >= 0.3 is 0 Å². The van der Waals surface area contributed by atoms with Gasteiger partial charge in [-0.15, -0.1) is 0 Å². The van der Waals surface area contributed by atoms with Gasteiger partial charge in [0.05, 0.1) is 14.2 Å². The van der Waals surface area contributed by atoms with E-state index in [4.69, 9.17) is 14.2 Å². The predicted octanol–water partition coefficient (Wildman–Crippen LogP) is 2.89. The van der Waals surface area contributed by atoms with Gasteiger partial charge in [0.15, 0.2) is 18.1 Å². The summed E-state index contributed by atoms with van der Waals surface area (Å²) in [7, 11) is 3.18. The molecule has 0 bridgehead atoms. The molecule has 1 amide bonds. The lowest BCUT2D eigenvalue weighted by atomic mass is 10.1. The summed E-state index contributed by atoms with van der Waals surface area (Å²) in [6.45, 7) is 0.415. The van der Waals surface area contributed by atoms with Crippen molar-refractivity contribution in [3.8, 4) is 17.2 Å². The molecule has 0 atom stereocenters. The zero-order valence-electron chi connectivity index (χ0n) is 14.6. The SMILES string of the molecule is COc1ccc(CNC(=O)COc2ccc3c(c2)CCC3)cc1OC. The van der Waals surface area contributed by atoms with Gasteiger partial charge in [0.25, 0.3) is 5.91 Å². The van der Waals surface area contributed by atoms with E-state index >= 15 is 0 Å². The van der Waals surface area contributed by atoms with Crippen molar-refractivity contribution in [3.63, 3.8) is 0 Å². The highest BCUT2D eigenvalue weighted by molar-refractivity contribution is 5.77. The first-order valence-corrected chi connectivity index (χ1v) is 8.42. The van der Waals surface area contributed by atoms with E-state index in [-0.39, 0.29) is 12.5 Å². The Morgan fingerprint density at radius 2 is 1.80 bits per heavy atom. The van der Waals surface area contributed by atoms with Crippen LogP contribution in [0.25, 0.3) is 0 Å². The molecule has 0 fully saturated rings. The van der Waals surface area contributed by atoms with Crippen LogP contribution in [0.5, 0.6) is 17.2 Å². The van der Waals surface area contributed by atoms with Crippen molar-refractivity contribution in [3.05, 3.63) is 53.1 Å². The average Bonchev–Trinajstić information content (AvgIpc) is 3.12. The van der Waals surface area contributed by atoms with E-state index in [2.05, 4.69) is 11.4 Å². The van der Waals surface area contributed by atoms with E-state index in [0.29, 0.717) is 18.0 Å². The Morgan fingerprint density at radius 3 is 2.60 bits per heavy atom. The van der Waals surface area contributed by atoms with Crippen molar-refractivity contribution >= 4 is 5.91 Å². The maximum atomic E-state index is 12.0. The number of hydrogen-bond donors (Lipinski definition) is 1. The van der Waals surface area contributed by atoms with Crippen LogP contribution >= 0.6 is 0 Å². The highest BCUT2D eigenvalue weighted by atomic mass is 16.5. The maximum absolute atomic E-state index is 12.0.